The molecular weight excluding hydrogens is 456 g/mol. The van der Waals surface area contributed by atoms with Crippen LogP contribution in [-0.2, 0) is 20.7 Å². The average molecular weight is 480 g/mol. The van der Waals surface area contributed by atoms with Crippen molar-refractivity contribution in [1.82, 2.24) is 20.8 Å². The van der Waals surface area contributed by atoms with Gasteiger partial charge >= 0.3 is 6.03 Å². The summed E-state index contributed by atoms with van der Waals surface area (Å²) in [5.74, 6) is 0.634. The zero-order valence-electron chi connectivity index (χ0n) is 19.2. The van der Waals surface area contributed by atoms with Crippen LogP contribution in [0, 0.1) is 0 Å². The molecule has 4 amide bonds. The normalized spacial score (nSPS) is 14.9. The smallest absolute Gasteiger partial charge is 0.328 e. The van der Waals surface area contributed by atoms with E-state index in [-0.39, 0.29) is 18.8 Å². The lowest BCUT2D eigenvalue weighted by atomic mass is 9.95. The maximum absolute atomic E-state index is 12.6. The van der Waals surface area contributed by atoms with Gasteiger partial charge in [-0.25, -0.2) is 4.79 Å². The quantitative estimate of drug-likeness (QED) is 0.331. The number of nitrogens with one attached hydrogen (secondary N) is 2. The number of nitrogens with zero attached hydrogens (tertiary/aromatic N) is 2. The molecule has 0 bridgehead atoms. The van der Waals surface area contributed by atoms with E-state index in [0.29, 0.717) is 36.3 Å². The van der Waals surface area contributed by atoms with E-state index in [1.54, 1.807) is 43.3 Å². The fraction of sp³-hybridized carbons (Fsp3) is 0.292. The highest BCUT2D eigenvalue weighted by molar-refractivity contribution is 6.21. The van der Waals surface area contributed by atoms with Crippen molar-refractivity contribution in [1.29, 1.82) is 0 Å². The molecule has 1 aromatic heterocycles. The maximum atomic E-state index is 12.6. The fourth-order valence-electron chi connectivity index (χ4n) is 3.37. The van der Waals surface area contributed by atoms with Crippen molar-refractivity contribution < 1.29 is 33.0 Å². The molecule has 1 saturated heterocycles. The number of barbiturate groups is 1. The lowest BCUT2D eigenvalue weighted by Crippen LogP contribution is -2.69. The van der Waals surface area contributed by atoms with Gasteiger partial charge in [0.15, 0.2) is 0 Å². The molecule has 0 aliphatic carbocycles. The Hall–Kier alpha value is -4.25. The number of hydrogen-bond acceptors (Lipinski definition) is 9. The SMILES string of the molecule is CCOCCC1(Oc2ccc(Oc3ccc(-c4nnc(CC)o4)cc3)cc2)C(=O)NC(=O)NC1=O. The van der Waals surface area contributed by atoms with Gasteiger partial charge in [0.05, 0.1) is 6.61 Å². The van der Waals surface area contributed by atoms with Crippen LogP contribution in [0.1, 0.15) is 26.2 Å². The Morgan fingerprint density at radius 1 is 0.857 bits per heavy atom. The van der Waals surface area contributed by atoms with E-state index in [1.807, 2.05) is 19.1 Å². The highest BCUT2D eigenvalue weighted by atomic mass is 16.5. The zero-order chi connectivity index (χ0) is 24.8. The second kappa shape index (κ2) is 10.3. The minimum Gasteiger partial charge on any atom is -0.467 e. The molecule has 0 saturated carbocycles. The van der Waals surface area contributed by atoms with Crippen molar-refractivity contribution in [2.24, 2.45) is 0 Å². The largest absolute Gasteiger partial charge is 0.467 e. The summed E-state index contributed by atoms with van der Waals surface area (Å²) >= 11 is 0. The lowest BCUT2D eigenvalue weighted by molar-refractivity contribution is -0.153. The van der Waals surface area contributed by atoms with E-state index in [4.69, 9.17) is 18.6 Å². The van der Waals surface area contributed by atoms with E-state index in [9.17, 15) is 14.4 Å². The number of rotatable bonds is 10. The number of hydrogen-bond donors (Lipinski definition) is 2. The topological polar surface area (TPSA) is 142 Å². The summed E-state index contributed by atoms with van der Waals surface area (Å²) in [6.07, 6.45) is 0.588. The van der Waals surface area contributed by atoms with Crippen LogP contribution < -0.4 is 20.1 Å². The molecule has 0 radical (unpaired) electrons. The van der Waals surface area contributed by atoms with Gasteiger partial charge in [0.25, 0.3) is 17.4 Å². The predicted octanol–water partition coefficient (Wildman–Crippen LogP) is 3.00. The number of imide groups is 2. The van der Waals surface area contributed by atoms with Gasteiger partial charge < -0.3 is 18.6 Å². The van der Waals surface area contributed by atoms with Crippen LogP contribution in [0.15, 0.2) is 52.9 Å². The van der Waals surface area contributed by atoms with E-state index < -0.39 is 23.4 Å². The number of amides is 4. The van der Waals surface area contributed by atoms with Gasteiger partial charge in [-0.1, -0.05) is 6.92 Å². The molecule has 2 N–H and O–H groups in total. The van der Waals surface area contributed by atoms with Crippen molar-refractivity contribution in [2.45, 2.75) is 32.3 Å². The third-order valence-corrected chi connectivity index (χ3v) is 5.21. The number of benzene rings is 2. The Balaban J connectivity index is 1.45. The van der Waals surface area contributed by atoms with Gasteiger partial charge in [-0.15, -0.1) is 10.2 Å². The van der Waals surface area contributed by atoms with Gasteiger partial charge in [-0.3, -0.25) is 20.2 Å². The Morgan fingerprint density at radius 2 is 1.46 bits per heavy atom. The number of carbonyl (C=O) groups excluding carboxylic acids is 3. The van der Waals surface area contributed by atoms with Crippen molar-refractivity contribution in [3.8, 4) is 28.7 Å². The molecule has 0 spiro atoms. The summed E-state index contributed by atoms with van der Waals surface area (Å²) in [5.41, 5.74) is -1.17. The standard InChI is InChI=1S/C24H24N4O7/c1-3-19-27-28-20(34-19)15-5-7-16(8-6-15)33-17-9-11-18(12-10-17)35-24(13-14-32-4-2)21(29)25-23(31)26-22(24)30/h5-12H,3-4,13-14H2,1-2H3,(H2,25,26,29,30,31). The van der Waals surface area contributed by atoms with Crippen LogP contribution >= 0.6 is 0 Å². The van der Waals surface area contributed by atoms with Crippen molar-refractivity contribution in [2.75, 3.05) is 13.2 Å². The van der Waals surface area contributed by atoms with Crippen LogP contribution in [0.5, 0.6) is 17.2 Å². The first-order chi connectivity index (χ1) is 16.9. The molecule has 2 aromatic carbocycles. The van der Waals surface area contributed by atoms with Gasteiger partial charge in [0.1, 0.15) is 17.2 Å². The van der Waals surface area contributed by atoms with Crippen molar-refractivity contribution >= 4 is 17.8 Å². The molecule has 11 nitrogen and oxygen atoms in total. The number of aryl methyl sites for hydroxylation is 1. The molecule has 182 valence electrons. The minimum atomic E-state index is -1.94. The first-order valence-electron chi connectivity index (χ1n) is 11.1. The molecule has 0 atom stereocenters. The molecule has 4 rings (SSSR count). The monoisotopic (exact) mass is 480 g/mol. The number of ether oxygens (including phenoxy) is 3. The lowest BCUT2D eigenvalue weighted by Gasteiger charge is -2.34. The summed E-state index contributed by atoms with van der Waals surface area (Å²) in [6, 6.07) is 12.7. The minimum absolute atomic E-state index is 0.0732. The Labute approximate surface area is 200 Å². The molecule has 11 heteroatoms. The first-order valence-corrected chi connectivity index (χ1v) is 11.1. The van der Waals surface area contributed by atoms with Crippen LogP contribution in [0.2, 0.25) is 0 Å². The molecule has 0 unspecified atom stereocenters. The van der Waals surface area contributed by atoms with Crippen LogP contribution in [0.4, 0.5) is 4.79 Å². The van der Waals surface area contributed by atoms with E-state index >= 15 is 0 Å². The Kier molecular flexibility index (Phi) is 7.06. The third kappa shape index (κ3) is 5.30. The average Bonchev–Trinajstić information content (AvgIpc) is 3.33. The van der Waals surface area contributed by atoms with E-state index in [0.717, 1.165) is 5.56 Å². The van der Waals surface area contributed by atoms with E-state index in [1.165, 1.54) is 0 Å². The van der Waals surface area contributed by atoms with Gasteiger partial charge in [0.2, 0.25) is 11.8 Å². The van der Waals surface area contributed by atoms with Gasteiger partial charge in [-0.2, -0.15) is 0 Å². The van der Waals surface area contributed by atoms with Crippen LogP contribution in [-0.4, -0.2) is 46.9 Å². The molecular formula is C24H24N4O7. The number of urea groups is 1. The fourth-order valence-corrected chi connectivity index (χ4v) is 3.37. The third-order valence-electron chi connectivity index (χ3n) is 5.21. The van der Waals surface area contributed by atoms with E-state index in [2.05, 4.69) is 20.8 Å². The second-order valence-corrected chi connectivity index (χ2v) is 7.57. The molecule has 1 fully saturated rings. The summed E-state index contributed by atoms with van der Waals surface area (Å²) in [5, 5.41) is 12.1. The highest BCUT2D eigenvalue weighted by Gasteiger charge is 2.52. The molecule has 1 aliphatic rings. The Bertz CT molecular complexity index is 1190. The number of carbonyl (C=O) groups is 3. The molecule has 2 heterocycles. The second-order valence-electron chi connectivity index (χ2n) is 7.57. The summed E-state index contributed by atoms with van der Waals surface area (Å²) in [6.45, 7) is 4.22. The van der Waals surface area contributed by atoms with Gasteiger partial charge in [-0.05, 0) is 55.5 Å². The van der Waals surface area contributed by atoms with Gasteiger partial charge in [0, 0.05) is 25.0 Å². The van der Waals surface area contributed by atoms with Crippen LogP contribution in [0.3, 0.4) is 0 Å². The Morgan fingerprint density at radius 3 is 2.03 bits per heavy atom. The first kappa shape index (κ1) is 23.9. The summed E-state index contributed by atoms with van der Waals surface area (Å²) in [4.78, 5) is 36.7. The maximum Gasteiger partial charge on any atom is 0.328 e. The molecule has 35 heavy (non-hydrogen) atoms. The number of aromatic nitrogens is 2. The molecule has 3 aromatic rings. The summed E-state index contributed by atoms with van der Waals surface area (Å²) in [7, 11) is 0. The zero-order valence-corrected chi connectivity index (χ0v) is 19.2. The predicted molar refractivity (Wildman–Crippen MR) is 122 cm³/mol. The molecule has 1 aliphatic heterocycles. The summed E-state index contributed by atoms with van der Waals surface area (Å²) < 4.78 is 22.5. The van der Waals surface area contributed by atoms with Crippen molar-refractivity contribution in [3.63, 3.8) is 0 Å². The van der Waals surface area contributed by atoms with Crippen molar-refractivity contribution in [3.05, 3.63) is 54.4 Å². The highest BCUT2D eigenvalue weighted by Crippen LogP contribution is 2.29. The van der Waals surface area contributed by atoms with Crippen LogP contribution in [0.25, 0.3) is 11.5 Å².